The fourth-order valence-corrected chi connectivity index (χ4v) is 4.74. The number of rotatable bonds is 3. The van der Waals surface area contributed by atoms with Crippen LogP contribution in [0.25, 0.3) is 0 Å². The largest absolute Gasteiger partial charge is 0.458 e. The monoisotopic (exact) mass is 357 g/mol. The van der Waals surface area contributed by atoms with Gasteiger partial charge in [0.15, 0.2) is 0 Å². The van der Waals surface area contributed by atoms with Crippen LogP contribution in [-0.2, 0) is 20.9 Å². The van der Waals surface area contributed by atoms with Crippen molar-refractivity contribution in [2.75, 3.05) is 26.2 Å². The molecule has 26 heavy (non-hydrogen) atoms. The summed E-state index contributed by atoms with van der Waals surface area (Å²) in [5, 5.41) is 0. The highest BCUT2D eigenvalue weighted by Gasteiger charge is 2.54. The number of carbonyl (C=O) groups excluding carboxylic acids is 2. The van der Waals surface area contributed by atoms with Crippen molar-refractivity contribution < 1.29 is 14.3 Å². The van der Waals surface area contributed by atoms with E-state index in [0.717, 1.165) is 64.8 Å². The molecule has 0 bridgehead atoms. The number of aromatic nitrogens is 1. The van der Waals surface area contributed by atoms with E-state index in [4.69, 9.17) is 4.74 Å². The van der Waals surface area contributed by atoms with E-state index in [-0.39, 0.29) is 24.2 Å². The lowest BCUT2D eigenvalue weighted by Crippen LogP contribution is -2.46. The Balaban J connectivity index is 1.39. The van der Waals surface area contributed by atoms with Crippen LogP contribution in [0.2, 0.25) is 0 Å². The Morgan fingerprint density at radius 2 is 1.88 bits per heavy atom. The van der Waals surface area contributed by atoms with Gasteiger partial charge in [0.05, 0.1) is 12.3 Å². The molecular formula is C20H27N3O3. The zero-order valence-corrected chi connectivity index (χ0v) is 15.2. The van der Waals surface area contributed by atoms with E-state index in [1.165, 1.54) is 5.56 Å². The maximum absolute atomic E-state index is 13.2. The Hall–Kier alpha value is -1.95. The fraction of sp³-hybridized carbons (Fsp3) is 0.650. The molecule has 6 nitrogen and oxygen atoms in total. The van der Waals surface area contributed by atoms with Crippen molar-refractivity contribution >= 4 is 11.9 Å². The SMILES string of the molecule is O=C1C[C@H](C(=O)N2CCCN(Cc3ccncc3)CC2)C2(CCCC2)O1. The average Bonchev–Trinajstić information content (AvgIpc) is 3.16. The Labute approximate surface area is 154 Å². The molecule has 3 heterocycles. The molecule has 1 atom stereocenters. The van der Waals surface area contributed by atoms with Gasteiger partial charge in [-0.25, -0.2) is 0 Å². The number of carbonyl (C=O) groups is 2. The predicted molar refractivity (Wildman–Crippen MR) is 96.1 cm³/mol. The molecule has 0 radical (unpaired) electrons. The van der Waals surface area contributed by atoms with Gasteiger partial charge in [0.2, 0.25) is 5.91 Å². The second-order valence-corrected chi connectivity index (χ2v) is 7.81. The molecule has 1 aliphatic carbocycles. The van der Waals surface area contributed by atoms with Gasteiger partial charge in [0.25, 0.3) is 0 Å². The number of amides is 1. The molecule has 0 N–H and O–H groups in total. The Morgan fingerprint density at radius 3 is 2.65 bits per heavy atom. The van der Waals surface area contributed by atoms with Gasteiger partial charge >= 0.3 is 5.97 Å². The Kier molecular flexibility index (Phi) is 4.94. The van der Waals surface area contributed by atoms with Gasteiger partial charge in [-0.05, 0) is 49.8 Å². The van der Waals surface area contributed by atoms with Gasteiger partial charge in [0.1, 0.15) is 5.60 Å². The van der Waals surface area contributed by atoms with E-state index in [0.29, 0.717) is 0 Å². The Bertz CT molecular complexity index is 658. The lowest BCUT2D eigenvalue weighted by atomic mass is 9.84. The third kappa shape index (κ3) is 3.47. The maximum Gasteiger partial charge on any atom is 0.307 e. The van der Waals surface area contributed by atoms with Crippen molar-refractivity contribution in [2.24, 2.45) is 5.92 Å². The summed E-state index contributed by atoms with van der Waals surface area (Å²) >= 11 is 0. The molecule has 140 valence electrons. The molecular weight excluding hydrogens is 330 g/mol. The molecule has 3 aliphatic rings. The summed E-state index contributed by atoms with van der Waals surface area (Å²) in [6.45, 7) is 4.23. The summed E-state index contributed by atoms with van der Waals surface area (Å²) < 4.78 is 5.66. The molecule has 3 fully saturated rings. The van der Waals surface area contributed by atoms with Crippen molar-refractivity contribution in [1.82, 2.24) is 14.8 Å². The minimum atomic E-state index is -0.503. The molecule has 1 amide bonds. The summed E-state index contributed by atoms with van der Waals surface area (Å²) in [6.07, 6.45) is 8.66. The number of hydrogen-bond donors (Lipinski definition) is 0. The molecule has 0 aromatic carbocycles. The first-order valence-corrected chi connectivity index (χ1v) is 9.78. The van der Waals surface area contributed by atoms with Crippen LogP contribution < -0.4 is 0 Å². The van der Waals surface area contributed by atoms with Crippen LogP contribution in [0, 0.1) is 5.92 Å². The van der Waals surface area contributed by atoms with Gasteiger partial charge < -0.3 is 9.64 Å². The van der Waals surface area contributed by atoms with Gasteiger partial charge in [0, 0.05) is 45.1 Å². The maximum atomic E-state index is 13.2. The zero-order chi connectivity index (χ0) is 18.0. The number of hydrogen-bond acceptors (Lipinski definition) is 5. The van der Waals surface area contributed by atoms with E-state index in [1.807, 2.05) is 29.4 Å². The van der Waals surface area contributed by atoms with Crippen LogP contribution in [0.1, 0.15) is 44.1 Å². The number of pyridine rings is 1. The van der Waals surface area contributed by atoms with Crippen LogP contribution in [0.5, 0.6) is 0 Å². The highest BCUT2D eigenvalue weighted by molar-refractivity contribution is 5.88. The van der Waals surface area contributed by atoms with Gasteiger partial charge in [-0.2, -0.15) is 0 Å². The lowest BCUT2D eigenvalue weighted by Gasteiger charge is -2.32. The van der Waals surface area contributed by atoms with E-state index < -0.39 is 5.60 Å². The van der Waals surface area contributed by atoms with Crippen molar-refractivity contribution in [1.29, 1.82) is 0 Å². The normalized spacial score (nSPS) is 26.1. The summed E-state index contributed by atoms with van der Waals surface area (Å²) in [4.78, 5) is 33.5. The van der Waals surface area contributed by atoms with Crippen molar-refractivity contribution in [3.05, 3.63) is 30.1 Å². The molecule has 6 heteroatoms. The molecule has 2 saturated heterocycles. The quantitative estimate of drug-likeness (QED) is 0.774. The van der Waals surface area contributed by atoms with E-state index in [2.05, 4.69) is 9.88 Å². The molecule has 1 saturated carbocycles. The molecule has 1 aromatic heterocycles. The van der Waals surface area contributed by atoms with Crippen LogP contribution in [0.15, 0.2) is 24.5 Å². The van der Waals surface area contributed by atoms with Crippen LogP contribution in [0.3, 0.4) is 0 Å². The zero-order valence-electron chi connectivity index (χ0n) is 15.2. The minimum Gasteiger partial charge on any atom is -0.458 e. The molecule has 1 aromatic rings. The summed E-state index contributed by atoms with van der Waals surface area (Å²) in [5.74, 6) is -0.341. The number of esters is 1. The van der Waals surface area contributed by atoms with E-state index >= 15 is 0 Å². The summed E-state index contributed by atoms with van der Waals surface area (Å²) in [5.41, 5.74) is 0.747. The second kappa shape index (κ2) is 7.35. The standard InChI is InChI=1S/C20H27N3O3/c24-18-14-17(20(26-18)6-1-2-7-20)19(25)23-11-3-10-22(12-13-23)15-16-4-8-21-9-5-16/h4-5,8-9,17H,1-3,6-7,10-15H2/t17-/m1/s1. The first kappa shape index (κ1) is 17.5. The fourth-order valence-electron chi connectivity index (χ4n) is 4.74. The third-order valence-electron chi connectivity index (χ3n) is 6.13. The lowest BCUT2D eigenvalue weighted by molar-refractivity contribution is -0.151. The van der Waals surface area contributed by atoms with E-state index in [1.54, 1.807) is 0 Å². The van der Waals surface area contributed by atoms with Gasteiger partial charge in [-0.3, -0.25) is 19.5 Å². The molecule has 2 aliphatic heterocycles. The number of ether oxygens (including phenoxy) is 1. The topological polar surface area (TPSA) is 62.7 Å². The second-order valence-electron chi connectivity index (χ2n) is 7.81. The van der Waals surface area contributed by atoms with Crippen LogP contribution >= 0.6 is 0 Å². The molecule has 4 rings (SSSR count). The smallest absolute Gasteiger partial charge is 0.307 e. The first-order valence-electron chi connectivity index (χ1n) is 9.78. The molecule has 1 spiro atoms. The van der Waals surface area contributed by atoms with E-state index in [9.17, 15) is 9.59 Å². The third-order valence-corrected chi connectivity index (χ3v) is 6.13. The van der Waals surface area contributed by atoms with Crippen molar-refractivity contribution in [2.45, 2.75) is 50.7 Å². The summed E-state index contributed by atoms with van der Waals surface area (Å²) in [7, 11) is 0. The minimum absolute atomic E-state index is 0.128. The number of nitrogens with zero attached hydrogens (tertiary/aromatic N) is 3. The predicted octanol–water partition coefficient (Wildman–Crippen LogP) is 1.99. The highest BCUT2D eigenvalue weighted by atomic mass is 16.6. The average molecular weight is 357 g/mol. The van der Waals surface area contributed by atoms with Crippen molar-refractivity contribution in [3.63, 3.8) is 0 Å². The Morgan fingerprint density at radius 1 is 1.12 bits per heavy atom. The van der Waals surface area contributed by atoms with Gasteiger partial charge in [-0.15, -0.1) is 0 Å². The molecule has 0 unspecified atom stereocenters. The highest BCUT2D eigenvalue weighted by Crippen LogP contribution is 2.46. The van der Waals surface area contributed by atoms with Crippen LogP contribution in [0.4, 0.5) is 0 Å². The van der Waals surface area contributed by atoms with Crippen LogP contribution in [-0.4, -0.2) is 58.4 Å². The van der Waals surface area contributed by atoms with Crippen molar-refractivity contribution in [3.8, 4) is 0 Å². The first-order chi connectivity index (χ1) is 12.7. The van der Waals surface area contributed by atoms with Gasteiger partial charge in [-0.1, -0.05) is 0 Å². The summed E-state index contributed by atoms with van der Waals surface area (Å²) in [6, 6.07) is 4.08.